The predicted octanol–water partition coefficient (Wildman–Crippen LogP) is 14.6. The van der Waals surface area contributed by atoms with Crippen molar-refractivity contribution in [1.29, 1.82) is 0 Å². The number of benzene rings is 9. The first-order chi connectivity index (χ1) is 27.3. The molecule has 1 heterocycles. The lowest BCUT2D eigenvalue weighted by Gasteiger charge is -2.35. The first kappa shape index (κ1) is 31.8. The number of thiophene rings is 1. The van der Waals surface area contributed by atoms with E-state index in [2.05, 4.69) is 212 Å². The number of fused-ring (bicyclic) bond motifs is 8. The Bertz CT molecular complexity index is 3010. The maximum atomic E-state index is 3.74. The van der Waals surface area contributed by atoms with Crippen LogP contribution in [0.25, 0.3) is 64.3 Å². The van der Waals surface area contributed by atoms with Crippen molar-refractivity contribution in [3.8, 4) is 33.4 Å². The molecular formula is C53H35NS. The van der Waals surface area contributed by atoms with Crippen molar-refractivity contribution < 1.29 is 0 Å². The van der Waals surface area contributed by atoms with Gasteiger partial charge in [0.15, 0.2) is 0 Å². The van der Waals surface area contributed by atoms with Crippen molar-refractivity contribution in [2.75, 3.05) is 5.32 Å². The van der Waals surface area contributed by atoms with Crippen molar-refractivity contribution in [3.63, 3.8) is 0 Å². The van der Waals surface area contributed by atoms with E-state index in [1.165, 1.54) is 86.6 Å². The van der Waals surface area contributed by atoms with Gasteiger partial charge in [-0.15, -0.1) is 11.3 Å². The summed E-state index contributed by atoms with van der Waals surface area (Å²) < 4.78 is 2.69. The third kappa shape index (κ3) is 4.92. The molecule has 0 radical (unpaired) electrons. The number of anilines is 2. The minimum atomic E-state index is -0.464. The molecule has 1 nitrogen and oxygen atoms in total. The number of nitrogens with one attached hydrogen (secondary N) is 1. The summed E-state index contributed by atoms with van der Waals surface area (Å²) >= 11 is 1.90. The molecule has 10 aromatic rings. The highest BCUT2D eigenvalue weighted by atomic mass is 32.1. The maximum Gasteiger partial charge on any atom is 0.0719 e. The van der Waals surface area contributed by atoms with Crippen LogP contribution in [-0.4, -0.2) is 0 Å². The van der Waals surface area contributed by atoms with Gasteiger partial charge in [0, 0.05) is 31.5 Å². The van der Waals surface area contributed by atoms with Crippen LogP contribution in [0, 0.1) is 0 Å². The lowest BCUT2D eigenvalue weighted by atomic mass is 9.66. The van der Waals surface area contributed by atoms with E-state index in [9.17, 15) is 0 Å². The van der Waals surface area contributed by atoms with Crippen LogP contribution >= 0.6 is 11.3 Å². The Balaban J connectivity index is 0.982. The highest BCUT2D eigenvalue weighted by molar-refractivity contribution is 7.27. The fourth-order valence-electron chi connectivity index (χ4n) is 9.16. The van der Waals surface area contributed by atoms with Crippen LogP contribution in [0.15, 0.2) is 206 Å². The molecule has 0 amide bonds. The third-order valence-electron chi connectivity index (χ3n) is 11.5. The van der Waals surface area contributed by atoms with Gasteiger partial charge in [0.25, 0.3) is 0 Å². The van der Waals surface area contributed by atoms with E-state index in [-0.39, 0.29) is 0 Å². The second-order valence-electron chi connectivity index (χ2n) is 14.5. The summed E-state index contributed by atoms with van der Waals surface area (Å²) in [6.45, 7) is 0. The molecule has 2 heteroatoms. The van der Waals surface area contributed by atoms with Crippen molar-refractivity contribution in [3.05, 3.63) is 229 Å². The van der Waals surface area contributed by atoms with Gasteiger partial charge >= 0.3 is 0 Å². The van der Waals surface area contributed by atoms with Crippen LogP contribution in [0.4, 0.5) is 11.4 Å². The van der Waals surface area contributed by atoms with Gasteiger partial charge in [-0.1, -0.05) is 182 Å². The maximum absolute atomic E-state index is 3.74. The Kier molecular flexibility index (Phi) is 7.33. The molecule has 11 rings (SSSR count). The standard InChI is InChI=1S/C53H35NS/c1-3-16-38(17-4-1)53(39-18-5-2-6-19-39)49-27-10-9-22-45(49)46-25-12-23-42(50(46)53)37-15-11-20-41(34-37)54-40-31-28-36(29-32-40)44-24-13-26-47-48-33-30-35-14-7-8-21-43(35)52(48)55-51(44)47/h1-34,54H. The van der Waals surface area contributed by atoms with Crippen LogP contribution in [0.2, 0.25) is 0 Å². The second kappa shape index (κ2) is 12.7. The van der Waals surface area contributed by atoms with Gasteiger partial charge in [-0.05, 0) is 90.7 Å². The molecule has 1 N–H and O–H groups in total. The molecule has 55 heavy (non-hydrogen) atoms. The van der Waals surface area contributed by atoms with Crippen LogP contribution in [0.3, 0.4) is 0 Å². The number of hydrogen-bond donors (Lipinski definition) is 1. The molecule has 0 spiro atoms. The molecular weight excluding hydrogens is 683 g/mol. The van der Waals surface area contributed by atoms with Gasteiger partial charge in [-0.3, -0.25) is 0 Å². The summed E-state index contributed by atoms with van der Waals surface area (Å²) in [5.41, 5.74) is 14.4. The molecule has 0 atom stereocenters. The molecule has 0 saturated carbocycles. The topological polar surface area (TPSA) is 12.0 Å². The average molecular weight is 718 g/mol. The van der Waals surface area contributed by atoms with E-state index in [4.69, 9.17) is 0 Å². The van der Waals surface area contributed by atoms with Gasteiger partial charge in [-0.25, -0.2) is 0 Å². The molecule has 0 unspecified atom stereocenters. The van der Waals surface area contributed by atoms with Crippen LogP contribution < -0.4 is 5.32 Å². The summed E-state index contributed by atoms with van der Waals surface area (Å²) in [5, 5.41) is 9.01. The minimum Gasteiger partial charge on any atom is -0.356 e. The number of rotatable bonds is 6. The van der Waals surface area contributed by atoms with Crippen LogP contribution in [-0.2, 0) is 5.41 Å². The zero-order valence-electron chi connectivity index (χ0n) is 30.0. The van der Waals surface area contributed by atoms with Gasteiger partial charge in [0.1, 0.15) is 0 Å². The van der Waals surface area contributed by atoms with Gasteiger partial charge in [-0.2, -0.15) is 0 Å². The lowest BCUT2D eigenvalue weighted by molar-refractivity contribution is 0.770. The smallest absolute Gasteiger partial charge is 0.0719 e. The Labute approximate surface area is 324 Å². The number of hydrogen-bond acceptors (Lipinski definition) is 2. The van der Waals surface area contributed by atoms with Gasteiger partial charge in [0.2, 0.25) is 0 Å². The summed E-state index contributed by atoms with van der Waals surface area (Å²) in [6, 6.07) is 75.6. The molecule has 1 aliphatic rings. The Morgan fingerprint density at radius 3 is 1.80 bits per heavy atom. The summed E-state index contributed by atoms with van der Waals surface area (Å²) in [6.07, 6.45) is 0. The lowest BCUT2D eigenvalue weighted by Crippen LogP contribution is -2.29. The fourth-order valence-corrected chi connectivity index (χ4v) is 10.5. The quantitative estimate of drug-likeness (QED) is 0.181. The van der Waals surface area contributed by atoms with Crippen molar-refractivity contribution in [1.82, 2.24) is 0 Å². The summed E-state index contributed by atoms with van der Waals surface area (Å²) in [4.78, 5) is 0. The third-order valence-corrected chi connectivity index (χ3v) is 12.8. The van der Waals surface area contributed by atoms with Crippen LogP contribution in [0.5, 0.6) is 0 Å². The molecule has 258 valence electrons. The molecule has 0 aliphatic heterocycles. The van der Waals surface area contributed by atoms with E-state index in [1.54, 1.807) is 0 Å². The summed E-state index contributed by atoms with van der Waals surface area (Å²) in [7, 11) is 0. The molecule has 0 fully saturated rings. The van der Waals surface area contributed by atoms with Gasteiger partial charge in [0.05, 0.1) is 5.41 Å². The highest BCUT2D eigenvalue weighted by Crippen LogP contribution is 2.58. The SMILES string of the molecule is c1ccc(C2(c3ccccc3)c3ccccc3-c3cccc(-c4cccc(Nc5ccc(-c6cccc7c6sc6c8ccccc8ccc76)cc5)c4)c32)cc1. The summed E-state index contributed by atoms with van der Waals surface area (Å²) in [5.74, 6) is 0. The van der Waals surface area contributed by atoms with Crippen LogP contribution in [0.1, 0.15) is 22.3 Å². The van der Waals surface area contributed by atoms with Gasteiger partial charge < -0.3 is 5.32 Å². The van der Waals surface area contributed by atoms with Crippen molar-refractivity contribution in [2.24, 2.45) is 0 Å². The second-order valence-corrected chi connectivity index (χ2v) is 15.5. The zero-order valence-corrected chi connectivity index (χ0v) is 30.9. The monoisotopic (exact) mass is 717 g/mol. The minimum absolute atomic E-state index is 0.464. The molecule has 9 aromatic carbocycles. The van der Waals surface area contributed by atoms with Crippen molar-refractivity contribution >= 4 is 53.7 Å². The molecule has 1 aromatic heterocycles. The fraction of sp³-hybridized carbons (Fsp3) is 0.0189. The zero-order chi connectivity index (χ0) is 36.3. The Morgan fingerprint density at radius 2 is 0.982 bits per heavy atom. The van der Waals surface area contributed by atoms with E-state index < -0.39 is 5.41 Å². The average Bonchev–Trinajstić information content (AvgIpc) is 3.80. The van der Waals surface area contributed by atoms with E-state index in [1.807, 2.05) is 11.3 Å². The predicted molar refractivity (Wildman–Crippen MR) is 235 cm³/mol. The normalized spacial score (nSPS) is 12.9. The van der Waals surface area contributed by atoms with Crippen molar-refractivity contribution in [2.45, 2.75) is 5.41 Å². The molecule has 1 aliphatic carbocycles. The Morgan fingerprint density at radius 1 is 0.364 bits per heavy atom. The first-order valence-electron chi connectivity index (χ1n) is 18.9. The van der Waals surface area contributed by atoms with E-state index >= 15 is 0 Å². The molecule has 0 saturated heterocycles. The Hall–Kier alpha value is -6.74. The van der Waals surface area contributed by atoms with E-state index in [0.717, 1.165) is 11.4 Å². The first-order valence-corrected chi connectivity index (χ1v) is 19.7. The van der Waals surface area contributed by atoms with E-state index in [0.29, 0.717) is 0 Å². The highest BCUT2D eigenvalue weighted by Gasteiger charge is 2.47. The molecule has 0 bridgehead atoms. The largest absolute Gasteiger partial charge is 0.356 e.